The second-order valence-corrected chi connectivity index (χ2v) is 6.04. The van der Waals surface area contributed by atoms with E-state index in [0.29, 0.717) is 12.5 Å². The average Bonchev–Trinajstić information content (AvgIpc) is 3.00. The topological polar surface area (TPSA) is 32.7 Å². The van der Waals surface area contributed by atoms with Crippen molar-refractivity contribution in [2.45, 2.75) is 45.4 Å². The Morgan fingerprint density at radius 2 is 1.90 bits per heavy atom. The van der Waals surface area contributed by atoms with Crippen molar-refractivity contribution in [3.05, 3.63) is 24.3 Å². The Morgan fingerprint density at radius 3 is 2.57 bits per heavy atom. The molecular formula is C18H29NO2. The highest BCUT2D eigenvalue weighted by Gasteiger charge is 2.21. The van der Waals surface area contributed by atoms with Crippen molar-refractivity contribution in [3.8, 4) is 5.75 Å². The van der Waals surface area contributed by atoms with Crippen molar-refractivity contribution in [1.29, 1.82) is 0 Å². The number of anilines is 1. The van der Waals surface area contributed by atoms with Gasteiger partial charge in [-0.3, -0.25) is 0 Å². The molecule has 0 saturated carbocycles. The first-order chi connectivity index (χ1) is 10.3. The molecule has 3 heteroatoms. The molecule has 21 heavy (non-hydrogen) atoms. The molecule has 0 aliphatic carbocycles. The van der Waals surface area contributed by atoms with Crippen LogP contribution in [0.25, 0.3) is 0 Å². The zero-order valence-electron chi connectivity index (χ0n) is 13.3. The average molecular weight is 291 g/mol. The summed E-state index contributed by atoms with van der Waals surface area (Å²) >= 11 is 0. The number of nitrogens with zero attached hydrogens (tertiary/aromatic N) is 1. The number of rotatable bonds is 9. The fourth-order valence-electron chi connectivity index (χ4n) is 2.87. The van der Waals surface area contributed by atoms with Gasteiger partial charge in [0.1, 0.15) is 5.75 Å². The predicted molar refractivity (Wildman–Crippen MR) is 88.1 cm³/mol. The van der Waals surface area contributed by atoms with Crippen LogP contribution in [0.2, 0.25) is 0 Å². The van der Waals surface area contributed by atoms with Gasteiger partial charge in [0, 0.05) is 31.3 Å². The third kappa shape index (κ3) is 5.24. The zero-order chi connectivity index (χ0) is 14.9. The highest BCUT2D eigenvalue weighted by molar-refractivity contribution is 5.49. The Labute approximate surface area is 128 Å². The van der Waals surface area contributed by atoms with Crippen LogP contribution in [0.4, 0.5) is 5.69 Å². The van der Waals surface area contributed by atoms with Crippen LogP contribution in [0.3, 0.4) is 0 Å². The van der Waals surface area contributed by atoms with Gasteiger partial charge in [-0.05, 0) is 37.1 Å². The third-order valence-electron chi connectivity index (χ3n) is 4.26. The number of ether oxygens (including phenoxy) is 1. The van der Waals surface area contributed by atoms with Gasteiger partial charge in [-0.25, -0.2) is 0 Å². The summed E-state index contributed by atoms with van der Waals surface area (Å²) in [5.41, 5.74) is 1.24. The van der Waals surface area contributed by atoms with Crippen LogP contribution >= 0.6 is 0 Å². The molecule has 0 aromatic heterocycles. The predicted octanol–water partition coefficient (Wildman–Crippen LogP) is 3.85. The first-order valence-electron chi connectivity index (χ1n) is 8.42. The van der Waals surface area contributed by atoms with Gasteiger partial charge >= 0.3 is 0 Å². The summed E-state index contributed by atoms with van der Waals surface area (Å²) in [5, 5.41) is 9.20. The van der Waals surface area contributed by atoms with E-state index in [-0.39, 0.29) is 0 Å². The van der Waals surface area contributed by atoms with Crippen LogP contribution < -0.4 is 9.64 Å². The summed E-state index contributed by atoms with van der Waals surface area (Å²) in [7, 11) is 0. The van der Waals surface area contributed by atoms with E-state index in [9.17, 15) is 5.11 Å². The fraction of sp³-hybridized carbons (Fsp3) is 0.667. The molecule has 1 aromatic rings. The number of aliphatic hydroxyl groups is 1. The summed E-state index contributed by atoms with van der Waals surface area (Å²) in [6, 6.07) is 8.39. The van der Waals surface area contributed by atoms with Crippen molar-refractivity contribution >= 4 is 5.69 Å². The van der Waals surface area contributed by atoms with Crippen LogP contribution in [0, 0.1) is 5.92 Å². The van der Waals surface area contributed by atoms with Gasteiger partial charge in [0.25, 0.3) is 0 Å². The second kappa shape index (κ2) is 8.93. The minimum atomic E-state index is 0.301. The molecule has 1 aliphatic rings. The zero-order valence-corrected chi connectivity index (χ0v) is 13.3. The minimum absolute atomic E-state index is 0.301. The molecule has 0 bridgehead atoms. The first kappa shape index (κ1) is 16.2. The number of benzene rings is 1. The number of hydrogen-bond donors (Lipinski definition) is 1. The molecule has 2 rings (SSSR count). The lowest BCUT2D eigenvalue weighted by atomic mass is 10.1. The van der Waals surface area contributed by atoms with Gasteiger partial charge in [0.15, 0.2) is 0 Å². The van der Waals surface area contributed by atoms with Crippen molar-refractivity contribution < 1.29 is 9.84 Å². The first-order valence-corrected chi connectivity index (χ1v) is 8.42. The summed E-state index contributed by atoms with van der Waals surface area (Å²) in [6.07, 6.45) is 7.44. The van der Waals surface area contributed by atoms with Crippen LogP contribution in [0.1, 0.15) is 45.4 Å². The van der Waals surface area contributed by atoms with E-state index in [2.05, 4.69) is 36.1 Å². The van der Waals surface area contributed by atoms with Gasteiger partial charge in [0.2, 0.25) is 0 Å². The molecule has 1 aliphatic heterocycles. The Kier molecular flexibility index (Phi) is 6.87. The van der Waals surface area contributed by atoms with Crippen molar-refractivity contribution in [1.82, 2.24) is 0 Å². The summed E-state index contributed by atoms with van der Waals surface area (Å²) in [6.45, 7) is 5.37. The lowest BCUT2D eigenvalue weighted by Crippen LogP contribution is -2.20. The standard InChI is InChI=1S/C18H29NO2/c1-2-3-4-5-6-13-21-18-9-7-17(8-10-18)19-12-11-16(14-19)15-20/h7-10,16,20H,2-6,11-15H2,1H3. The maximum atomic E-state index is 9.20. The monoisotopic (exact) mass is 291 g/mol. The molecule has 1 heterocycles. The number of aliphatic hydroxyl groups excluding tert-OH is 1. The summed E-state index contributed by atoms with van der Waals surface area (Å²) in [5.74, 6) is 1.40. The summed E-state index contributed by atoms with van der Waals surface area (Å²) < 4.78 is 5.79. The van der Waals surface area contributed by atoms with Crippen LogP contribution in [-0.4, -0.2) is 31.4 Å². The molecule has 1 fully saturated rings. The molecule has 118 valence electrons. The molecular weight excluding hydrogens is 262 g/mol. The normalized spacial score (nSPS) is 18.2. The quantitative estimate of drug-likeness (QED) is 0.701. The third-order valence-corrected chi connectivity index (χ3v) is 4.26. The molecule has 3 nitrogen and oxygen atoms in total. The number of hydrogen-bond acceptors (Lipinski definition) is 3. The Hall–Kier alpha value is -1.22. The van der Waals surface area contributed by atoms with Gasteiger partial charge in [-0.2, -0.15) is 0 Å². The van der Waals surface area contributed by atoms with Crippen LogP contribution in [0.15, 0.2) is 24.3 Å². The summed E-state index contributed by atoms with van der Waals surface area (Å²) in [4.78, 5) is 2.34. The molecule has 1 aromatic carbocycles. The molecule has 1 unspecified atom stereocenters. The highest BCUT2D eigenvalue weighted by atomic mass is 16.5. The Morgan fingerprint density at radius 1 is 1.14 bits per heavy atom. The van der Waals surface area contributed by atoms with Crippen LogP contribution in [-0.2, 0) is 0 Å². The fourth-order valence-corrected chi connectivity index (χ4v) is 2.87. The van der Waals surface area contributed by atoms with Gasteiger partial charge in [-0.15, -0.1) is 0 Å². The van der Waals surface area contributed by atoms with E-state index in [0.717, 1.165) is 38.3 Å². The lowest BCUT2D eigenvalue weighted by Gasteiger charge is -2.18. The lowest BCUT2D eigenvalue weighted by molar-refractivity contribution is 0.238. The molecule has 1 atom stereocenters. The van der Waals surface area contributed by atoms with Crippen molar-refractivity contribution in [3.63, 3.8) is 0 Å². The number of unbranched alkanes of at least 4 members (excludes halogenated alkanes) is 4. The smallest absolute Gasteiger partial charge is 0.119 e. The SMILES string of the molecule is CCCCCCCOc1ccc(N2CCC(CO)C2)cc1. The Bertz CT molecular complexity index is 391. The van der Waals surface area contributed by atoms with Gasteiger partial charge < -0.3 is 14.7 Å². The van der Waals surface area contributed by atoms with E-state index >= 15 is 0 Å². The maximum absolute atomic E-state index is 9.20. The molecule has 0 radical (unpaired) electrons. The van der Waals surface area contributed by atoms with E-state index in [4.69, 9.17) is 4.74 Å². The second-order valence-electron chi connectivity index (χ2n) is 6.04. The van der Waals surface area contributed by atoms with Crippen molar-refractivity contribution in [2.75, 3.05) is 31.2 Å². The van der Waals surface area contributed by atoms with Crippen molar-refractivity contribution in [2.24, 2.45) is 5.92 Å². The van der Waals surface area contributed by atoms with Gasteiger partial charge in [-0.1, -0.05) is 32.6 Å². The molecule has 0 amide bonds. The van der Waals surface area contributed by atoms with Crippen LogP contribution in [0.5, 0.6) is 5.75 Å². The van der Waals surface area contributed by atoms with E-state index in [1.807, 2.05) is 0 Å². The van der Waals surface area contributed by atoms with E-state index < -0.39 is 0 Å². The van der Waals surface area contributed by atoms with Gasteiger partial charge in [0.05, 0.1) is 6.61 Å². The molecule has 1 saturated heterocycles. The largest absolute Gasteiger partial charge is 0.494 e. The maximum Gasteiger partial charge on any atom is 0.119 e. The van der Waals surface area contributed by atoms with E-state index in [1.54, 1.807) is 0 Å². The molecule has 1 N–H and O–H groups in total. The minimum Gasteiger partial charge on any atom is -0.494 e. The highest BCUT2D eigenvalue weighted by Crippen LogP contribution is 2.25. The Balaban J connectivity index is 1.70. The van der Waals surface area contributed by atoms with E-state index in [1.165, 1.54) is 31.4 Å². The molecule has 0 spiro atoms.